The summed E-state index contributed by atoms with van der Waals surface area (Å²) in [7, 11) is 1.12. The molecule has 39 heavy (non-hydrogen) atoms. The number of halogens is 1. The quantitative estimate of drug-likeness (QED) is 0.186. The number of hydrogen-bond donors (Lipinski definition) is 4. The molecule has 2 aromatic carbocycles. The van der Waals surface area contributed by atoms with Gasteiger partial charge in [0, 0.05) is 30.6 Å². The smallest absolute Gasteiger partial charge is 0.323 e. The van der Waals surface area contributed by atoms with Crippen LogP contribution in [0.4, 0.5) is 4.39 Å². The molecule has 1 heterocycles. The molecule has 1 aliphatic heterocycles. The van der Waals surface area contributed by atoms with Crippen LogP contribution in [0.15, 0.2) is 48.5 Å². The zero-order chi connectivity index (χ0) is 28.7. The van der Waals surface area contributed by atoms with Crippen molar-refractivity contribution in [3.05, 3.63) is 71.0 Å². The molecule has 3 amide bonds. The lowest BCUT2D eigenvalue weighted by Crippen LogP contribution is -2.63. The average Bonchev–Trinajstić information content (AvgIpc) is 2.91. The SMILES string of the molecule is COC(=O)C[C@H]1C(=O)N(CC(=O)O)CCN1C(=O)[C@H](Cc1ccc(F)cc1)NC(=O)c1ccc(C(=N)N)cc1. The van der Waals surface area contributed by atoms with Gasteiger partial charge in [-0.2, -0.15) is 0 Å². The molecular weight excluding hydrogens is 513 g/mol. The monoisotopic (exact) mass is 541 g/mol. The fraction of sp³-hybridized carbons (Fsp3) is 0.308. The van der Waals surface area contributed by atoms with Crippen LogP contribution in [0.3, 0.4) is 0 Å². The summed E-state index contributed by atoms with van der Waals surface area (Å²) < 4.78 is 18.1. The molecule has 0 aliphatic carbocycles. The Kier molecular flexibility index (Phi) is 9.31. The van der Waals surface area contributed by atoms with Crippen LogP contribution in [0.2, 0.25) is 0 Å². The summed E-state index contributed by atoms with van der Waals surface area (Å²) in [6.45, 7) is -0.800. The van der Waals surface area contributed by atoms with E-state index < -0.39 is 60.5 Å². The van der Waals surface area contributed by atoms with Gasteiger partial charge in [0.15, 0.2) is 0 Å². The van der Waals surface area contributed by atoms with Crippen molar-refractivity contribution in [3.8, 4) is 0 Å². The molecule has 2 atom stereocenters. The largest absolute Gasteiger partial charge is 0.480 e. The lowest BCUT2D eigenvalue weighted by molar-refractivity contribution is -0.159. The summed E-state index contributed by atoms with van der Waals surface area (Å²) in [5.74, 6) is -4.78. The van der Waals surface area contributed by atoms with Gasteiger partial charge in [-0.3, -0.25) is 29.4 Å². The molecule has 0 radical (unpaired) electrons. The number of carbonyl (C=O) groups is 5. The van der Waals surface area contributed by atoms with Crippen LogP contribution in [0.5, 0.6) is 0 Å². The number of nitrogen functional groups attached to an aromatic ring is 1. The molecule has 5 N–H and O–H groups in total. The molecule has 1 aliphatic rings. The van der Waals surface area contributed by atoms with Crippen molar-refractivity contribution in [3.63, 3.8) is 0 Å². The number of rotatable bonds is 10. The van der Waals surface area contributed by atoms with Crippen molar-refractivity contribution >= 4 is 35.5 Å². The van der Waals surface area contributed by atoms with Crippen molar-refractivity contribution in [2.24, 2.45) is 5.73 Å². The molecule has 1 fully saturated rings. The van der Waals surface area contributed by atoms with Crippen LogP contribution in [0, 0.1) is 11.2 Å². The van der Waals surface area contributed by atoms with Gasteiger partial charge in [0.2, 0.25) is 11.8 Å². The van der Waals surface area contributed by atoms with E-state index in [0.717, 1.165) is 16.9 Å². The van der Waals surface area contributed by atoms with E-state index in [0.29, 0.717) is 11.1 Å². The Morgan fingerprint density at radius 1 is 1.10 bits per heavy atom. The first-order chi connectivity index (χ1) is 18.5. The highest BCUT2D eigenvalue weighted by Gasteiger charge is 2.41. The van der Waals surface area contributed by atoms with E-state index in [2.05, 4.69) is 10.1 Å². The molecule has 0 spiro atoms. The minimum atomic E-state index is -1.35. The number of aliphatic carboxylic acids is 1. The van der Waals surface area contributed by atoms with E-state index in [1.807, 2.05) is 0 Å². The third-order valence-electron chi connectivity index (χ3n) is 6.20. The number of nitrogens with one attached hydrogen (secondary N) is 2. The third-order valence-corrected chi connectivity index (χ3v) is 6.20. The number of nitrogens with two attached hydrogens (primary N) is 1. The van der Waals surface area contributed by atoms with Crippen LogP contribution in [-0.2, 0) is 30.3 Å². The highest BCUT2D eigenvalue weighted by Crippen LogP contribution is 2.19. The van der Waals surface area contributed by atoms with E-state index in [1.165, 1.54) is 48.5 Å². The maximum absolute atomic E-state index is 13.8. The predicted octanol–water partition coefficient (Wildman–Crippen LogP) is 0.138. The van der Waals surface area contributed by atoms with Gasteiger partial charge in [0.1, 0.15) is 30.3 Å². The lowest BCUT2D eigenvalue weighted by Gasteiger charge is -2.41. The second-order valence-electron chi connectivity index (χ2n) is 8.83. The Morgan fingerprint density at radius 3 is 2.28 bits per heavy atom. The van der Waals surface area contributed by atoms with E-state index in [-0.39, 0.29) is 30.9 Å². The minimum absolute atomic E-state index is 0.0646. The Labute approximate surface area is 223 Å². The number of methoxy groups -OCH3 is 1. The van der Waals surface area contributed by atoms with Crippen LogP contribution in [-0.4, -0.2) is 89.2 Å². The molecule has 0 saturated carbocycles. The number of carbonyl (C=O) groups excluding carboxylic acids is 4. The van der Waals surface area contributed by atoms with Gasteiger partial charge in [-0.15, -0.1) is 0 Å². The molecule has 0 unspecified atom stereocenters. The van der Waals surface area contributed by atoms with Crippen molar-refractivity contribution in [1.82, 2.24) is 15.1 Å². The van der Waals surface area contributed by atoms with Crippen molar-refractivity contribution in [2.45, 2.75) is 24.9 Å². The second-order valence-corrected chi connectivity index (χ2v) is 8.83. The first-order valence-corrected chi connectivity index (χ1v) is 11.9. The molecule has 12 nitrogen and oxygen atoms in total. The average molecular weight is 542 g/mol. The predicted molar refractivity (Wildman–Crippen MR) is 135 cm³/mol. The summed E-state index contributed by atoms with van der Waals surface area (Å²) in [5.41, 5.74) is 6.54. The summed E-state index contributed by atoms with van der Waals surface area (Å²) in [5, 5.41) is 19.3. The Bertz CT molecular complexity index is 1270. The van der Waals surface area contributed by atoms with Gasteiger partial charge in [-0.25, -0.2) is 4.39 Å². The number of benzene rings is 2. The van der Waals surface area contributed by atoms with Crippen molar-refractivity contribution in [1.29, 1.82) is 5.41 Å². The molecule has 13 heteroatoms. The molecule has 0 aromatic heterocycles. The van der Waals surface area contributed by atoms with Crippen LogP contribution >= 0.6 is 0 Å². The van der Waals surface area contributed by atoms with Gasteiger partial charge in [0.25, 0.3) is 5.91 Å². The van der Waals surface area contributed by atoms with Crippen LogP contribution in [0.1, 0.15) is 27.9 Å². The Balaban J connectivity index is 1.91. The number of carboxylic acids is 1. The number of amidine groups is 1. The summed E-state index contributed by atoms with van der Waals surface area (Å²) in [6.07, 6.45) is -0.578. The number of hydrogen-bond acceptors (Lipinski definition) is 7. The number of amides is 3. The first-order valence-electron chi connectivity index (χ1n) is 11.9. The van der Waals surface area contributed by atoms with E-state index in [1.54, 1.807) is 0 Å². The maximum Gasteiger partial charge on any atom is 0.323 e. The first kappa shape index (κ1) is 28.8. The van der Waals surface area contributed by atoms with E-state index >= 15 is 0 Å². The number of carboxylic acid groups (broad SMARTS) is 1. The molecule has 0 bridgehead atoms. The highest BCUT2D eigenvalue weighted by molar-refractivity contribution is 6.01. The Morgan fingerprint density at radius 2 is 1.72 bits per heavy atom. The van der Waals surface area contributed by atoms with Crippen LogP contribution in [0.25, 0.3) is 0 Å². The van der Waals surface area contributed by atoms with Gasteiger partial charge in [-0.05, 0) is 29.8 Å². The number of ether oxygens (including phenoxy) is 1. The Hall–Kier alpha value is -4.81. The zero-order valence-electron chi connectivity index (χ0n) is 21.1. The summed E-state index contributed by atoms with van der Waals surface area (Å²) in [4.78, 5) is 65.4. The van der Waals surface area contributed by atoms with Crippen LogP contribution < -0.4 is 11.1 Å². The maximum atomic E-state index is 13.8. The summed E-state index contributed by atoms with van der Waals surface area (Å²) in [6, 6.07) is 8.54. The van der Waals surface area contributed by atoms with Gasteiger partial charge < -0.3 is 30.7 Å². The molecular formula is C26H28FN5O7. The standard InChI is InChI=1S/C26H28FN5O7/c1-39-22(35)13-20-26(38)31(14-21(33)34)10-11-32(20)25(37)19(12-15-2-8-18(27)9-3-15)30-24(36)17-6-4-16(5-7-17)23(28)29/h2-9,19-20H,10-14H2,1H3,(H3,28,29)(H,30,36)(H,33,34)/t19-,20-/m0/s1. The molecule has 206 valence electrons. The molecule has 1 saturated heterocycles. The molecule has 2 aromatic rings. The normalized spacial score (nSPS) is 15.8. The number of nitrogens with zero attached hydrogens (tertiary/aromatic N) is 2. The zero-order valence-corrected chi connectivity index (χ0v) is 21.1. The van der Waals surface area contributed by atoms with E-state index in [4.69, 9.17) is 16.2 Å². The van der Waals surface area contributed by atoms with Gasteiger partial charge in [0.05, 0.1) is 13.5 Å². The van der Waals surface area contributed by atoms with Crippen molar-refractivity contribution < 1.29 is 38.2 Å². The van der Waals surface area contributed by atoms with Gasteiger partial charge in [-0.1, -0.05) is 24.3 Å². The number of esters is 1. The highest BCUT2D eigenvalue weighted by atomic mass is 19.1. The fourth-order valence-corrected chi connectivity index (χ4v) is 4.16. The minimum Gasteiger partial charge on any atom is -0.480 e. The molecule has 3 rings (SSSR count). The van der Waals surface area contributed by atoms with E-state index in [9.17, 15) is 28.4 Å². The topological polar surface area (TPSA) is 183 Å². The number of piperazine rings is 1. The van der Waals surface area contributed by atoms with Crippen molar-refractivity contribution in [2.75, 3.05) is 26.7 Å². The third kappa shape index (κ3) is 7.37. The lowest BCUT2D eigenvalue weighted by atomic mass is 10.0. The summed E-state index contributed by atoms with van der Waals surface area (Å²) >= 11 is 0. The van der Waals surface area contributed by atoms with Gasteiger partial charge >= 0.3 is 11.9 Å². The fourth-order valence-electron chi connectivity index (χ4n) is 4.16. The second kappa shape index (κ2) is 12.6.